The Morgan fingerprint density at radius 1 is 1.10 bits per heavy atom. The fourth-order valence-corrected chi connectivity index (χ4v) is 3.32. The van der Waals surface area contributed by atoms with Crippen LogP contribution in [0.15, 0.2) is 48.5 Å². The molecule has 0 saturated heterocycles. The van der Waals surface area contributed by atoms with Crippen molar-refractivity contribution in [3.05, 3.63) is 65.2 Å². The second kappa shape index (κ2) is 5.29. The Morgan fingerprint density at radius 2 is 1.80 bits per heavy atom. The van der Waals surface area contributed by atoms with E-state index in [9.17, 15) is 5.11 Å². The van der Waals surface area contributed by atoms with Crippen LogP contribution in [0, 0.1) is 0 Å². The number of rotatable bonds is 3. The van der Waals surface area contributed by atoms with Crippen molar-refractivity contribution >= 4 is 5.69 Å². The molecule has 0 bridgehead atoms. The molecule has 20 heavy (non-hydrogen) atoms. The molecule has 2 nitrogen and oxygen atoms in total. The lowest BCUT2D eigenvalue weighted by atomic mass is 10.0. The molecule has 0 spiro atoms. The number of aryl methyl sites for hydroxylation is 1. The second-order valence-electron chi connectivity index (χ2n) is 5.51. The van der Waals surface area contributed by atoms with Gasteiger partial charge in [-0.3, -0.25) is 0 Å². The van der Waals surface area contributed by atoms with Crippen molar-refractivity contribution in [1.29, 1.82) is 0 Å². The summed E-state index contributed by atoms with van der Waals surface area (Å²) in [6, 6.07) is 16.9. The van der Waals surface area contributed by atoms with Gasteiger partial charge >= 0.3 is 0 Å². The van der Waals surface area contributed by atoms with Gasteiger partial charge in [-0.1, -0.05) is 49.4 Å². The molecule has 1 N–H and O–H groups in total. The van der Waals surface area contributed by atoms with Crippen molar-refractivity contribution in [2.45, 2.75) is 31.9 Å². The first-order valence-electron chi connectivity index (χ1n) is 7.29. The largest absolute Gasteiger partial charge is 0.390 e. The quantitative estimate of drug-likeness (QED) is 0.922. The number of benzene rings is 2. The Kier molecular flexibility index (Phi) is 3.49. The van der Waals surface area contributed by atoms with E-state index in [4.69, 9.17) is 0 Å². The minimum absolute atomic E-state index is 0.0545. The van der Waals surface area contributed by atoms with Crippen molar-refractivity contribution in [2.24, 2.45) is 0 Å². The van der Waals surface area contributed by atoms with E-state index in [0.717, 1.165) is 12.8 Å². The average molecular weight is 267 g/mol. The molecule has 2 unspecified atom stereocenters. The van der Waals surface area contributed by atoms with Crippen molar-refractivity contribution < 1.29 is 5.11 Å². The lowest BCUT2D eigenvalue weighted by Crippen LogP contribution is -2.31. The van der Waals surface area contributed by atoms with E-state index in [-0.39, 0.29) is 12.1 Å². The summed E-state index contributed by atoms with van der Waals surface area (Å²) in [5.41, 5.74) is 5.07. The number of anilines is 1. The molecule has 2 heteroatoms. The van der Waals surface area contributed by atoms with E-state index < -0.39 is 0 Å². The van der Waals surface area contributed by atoms with Crippen LogP contribution in [0.4, 0.5) is 5.69 Å². The van der Waals surface area contributed by atoms with Gasteiger partial charge in [0.05, 0.1) is 12.1 Å². The van der Waals surface area contributed by atoms with Crippen molar-refractivity contribution in [2.75, 3.05) is 11.9 Å². The summed E-state index contributed by atoms with van der Waals surface area (Å²) in [5.74, 6) is 0. The maximum atomic E-state index is 10.5. The third-order valence-electron chi connectivity index (χ3n) is 4.34. The van der Waals surface area contributed by atoms with E-state index in [0.29, 0.717) is 0 Å². The third-order valence-corrected chi connectivity index (χ3v) is 4.34. The van der Waals surface area contributed by atoms with Crippen molar-refractivity contribution in [3.63, 3.8) is 0 Å². The Hall–Kier alpha value is -1.80. The number of nitrogens with zero attached hydrogens (tertiary/aromatic N) is 1. The highest BCUT2D eigenvalue weighted by molar-refractivity contribution is 5.56. The van der Waals surface area contributed by atoms with Gasteiger partial charge in [0, 0.05) is 19.2 Å². The van der Waals surface area contributed by atoms with Crippen molar-refractivity contribution in [1.82, 2.24) is 0 Å². The SMILES string of the molecule is CCc1ccccc1N(C)C1c2ccccc2CC1O. The zero-order valence-corrected chi connectivity index (χ0v) is 12.1. The standard InChI is InChI=1S/C18H21NO/c1-3-13-8-5-7-11-16(13)19(2)18-15-10-6-4-9-14(15)12-17(18)20/h4-11,17-18,20H,3,12H2,1-2H3. The van der Waals surface area contributed by atoms with Gasteiger partial charge in [-0.2, -0.15) is 0 Å². The highest BCUT2D eigenvalue weighted by Gasteiger charge is 2.34. The van der Waals surface area contributed by atoms with Crippen LogP contribution in [0.5, 0.6) is 0 Å². The Morgan fingerprint density at radius 3 is 2.60 bits per heavy atom. The van der Waals surface area contributed by atoms with Crippen LogP contribution in [-0.2, 0) is 12.8 Å². The highest BCUT2D eigenvalue weighted by Crippen LogP contribution is 2.38. The monoisotopic (exact) mass is 267 g/mol. The average Bonchev–Trinajstić information content (AvgIpc) is 2.82. The van der Waals surface area contributed by atoms with Crippen LogP contribution in [0.2, 0.25) is 0 Å². The molecule has 2 atom stereocenters. The number of likely N-dealkylation sites (N-methyl/N-ethyl adjacent to an activating group) is 1. The maximum absolute atomic E-state index is 10.5. The number of aliphatic hydroxyl groups excluding tert-OH is 1. The highest BCUT2D eigenvalue weighted by atomic mass is 16.3. The first-order valence-corrected chi connectivity index (χ1v) is 7.29. The first kappa shape index (κ1) is 13.2. The van der Waals surface area contributed by atoms with Gasteiger partial charge in [0.25, 0.3) is 0 Å². The topological polar surface area (TPSA) is 23.5 Å². The molecule has 0 aromatic heterocycles. The molecule has 0 saturated carbocycles. The summed E-state index contributed by atoms with van der Waals surface area (Å²) < 4.78 is 0. The van der Waals surface area contributed by atoms with Crippen LogP contribution >= 0.6 is 0 Å². The van der Waals surface area contributed by atoms with Gasteiger partial charge in [-0.25, -0.2) is 0 Å². The van der Waals surface area contributed by atoms with Crippen LogP contribution in [0.25, 0.3) is 0 Å². The van der Waals surface area contributed by atoms with E-state index in [1.807, 2.05) is 6.07 Å². The Labute approximate surface area is 120 Å². The van der Waals surface area contributed by atoms with Gasteiger partial charge in [0.15, 0.2) is 0 Å². The molecular weight excluding hydrogens is 246 g/mol. The molecule has 3 rings (SSSR count). The van der Waals surface area contributed by atoms with E-state index in [1.54, 1.807) is 0 Å². The first-order chi connectivity index (χ1) is 9.72. The molecule has 2 aromatic carbocycles. The van der Waals surface area contributed by atoms with Crippen LogP contribution in [0.1, 0.15) is 29.7 Å². The molecular formula is C18H21NO. The second-order valence-corrected chi connectivity index (χ2v) is 5.51. The predicted molar refractivity (Wildman–Crippen MR) is 83.1 cm³/mol. The number of hydrogen-bond donors (Lipinski definition) is 1. The summed E-state index contributed by atoms with van der Waals surface area (Å²) in [6.07, 6.45) is 1.42. The number of hydrogen-bond acceptors (Lipinski definition) is 2. The summed E-state index contributed by atoms with van der Waals surface area (Å²) >= 11 is 0. The molecule has 0 fully saturated rings. The van der Waals surface area contributed by atoms with Crippen LogP contribution < -0.4 is 4.90 Å². The van der Waals surface area contributed by atoms with Crippen LogP contribution in [-0.4, -0.2) is 18.3 Å². The molecule has 1 aliphatic carbocycles. The van der Waals surface area contributed by atoms with Gasteiger partial charge in [-0.15, -0.1) is 0 Å². The minimum Gasteiger partial charge on any atom is -0.390 e. The normalized spacial score (nSPS) is 20.8. The minimum atomic E-state index is -0.331. The van der Waals surface area contributed by atoms with Gasteiger partial charge < -0.3 is 10.0 Å². The van der Waals surface area contributed by atoms with E-state index >= 15 is 0 Å². The van der Waals surface area contributed by atoms with E-state index in [1.165, 1.54) is 22.4 Å². The Balaban J connectivity index is 2.00. The fraction of sp³-hybridized carbons (Fsp3) is 0.333. The molecule has 0 radical (unpaired) electrons. The van der Waals surface area contributed by atoms with Gasteiger partial charge in [0.1, 0.15) is 0 Å². The fourth-order valence-electron chi connectivity index (χ4n) is 3.32. The zero-order valence-electron chi connectivity index (χ0n) is 12.1. The summed E-state index contributed by atoms with van der Waals surface area (Å²) in [6.45, 7) is 2.17. The number of aliphatic hydroxyl groups is 1. The molecule has 2 aromatic rings. The number of fused-ring (bicyclic) bond motifs is 1. The molecule has 0 heterocycles. The molecule has 0 amide bonds. The third kappa shape index (κ3) is 2.10. The number of para-hydroxylation sites is 1. The van der Waals surface area contributed by atoms with Crippen LogP contribution in [0.3, 0.4) is 0 Å². The Bertz CT molecular complexity index is 608. The molecule has 1 aliphatic rings. The zero-order chi connectivity index (χ0) is 14.1. The maximum Gasteiger partial charge on any atom is 0.0825 e. The summed E-state index contributed by atoms with van der Waals surface area (Å²) in [7, 11) is 2.09. The summed E-state index contributed by atoms with van der Waals surface area (Å²) in [5, 5.41) is 10.5. The lowest BCUT2D eigenvalue weighted by Gasteiger charge is -2.31. The van der Waals surface area contributed by atoms with E-state index in [2.05, 4.69) is 61.3 Å². The van der Waals surface area contributed by atoms with Crippen molar-refractivity contribution in [3.8, 4) is 0 Å². The van der Waals surface area contributed by atoms with Gasteiger partial charge in [0.2, 0.25) is 0 Å². The molecule has 0 aliphatic heterocycles. The molecule has 104 valence electrons. The lowest BCUT2D eigenvalue weighted by molar-refractivity contribution is 0.156. The van der Waals surface area contributed by atoms with Gasteiger partial charge in [-0.05, 0) is 29.2 Å². The predicted octanol–water partition coefficient (Wildman–Crippen LogP) is 3.34. The summed E-state index contributed by atoms with van der Waals surface area (Å²) in [4.78, 5) is 2.23. The smallest absolute Gasteiger partial charge is 0.0825 e.